The standard InChI is InChI=1S/C45H28N4S/c1-3-14-29(15-4-1)43-46-44(30-16-5-2-6-17-30)48-45(47-43)31-26-27-36-41(28-31)50-40-25-13-21-35(42(36)40)34-20-9-12-24-39(34)49-37-22-10-7-18-32(37)33-19-8-11-23-38(33)49/h1-28H/i7D,8D,9D,10D,11D,12D,13D,18D,19D,20D,21D,22D,23D,24D,25D,26D,27D,28D. The van der Waals surface area contributed by atoms with E-state index in [1.165, 1.54) is 0 Å². The molecule has 0 atom stereocenters. The van der Waals surface area contributed by atoms with Crippen molar-refractivity contribution in [1.82, 2.24) is 19.5 Å². The SMILES string of the molecule is [2H]c1c([2H])c([2H])c(-n2c3c([2H])c([2H])c([2H])c([2H])c3c3c([2H])c([2H])c([2H])c([2H])c32)c(-c2c([2H])c([2H])c([2H])c3sc4c([2H])c(-c5nc(-c6ccccc6)nc(-c6ccccc6)n5)c([2H])c([2H])c4c23)c1[2H]. The molecule has 0 spiro atoms. The zero-order valence-electron chi connectivity index (χ0n) is 43.5. The highest BCUT2D eigenvalue weighted by molar-refractivity contribution is 7.26. The molecule has 0 saturated heterocycles. The van der Waals surface area contributed by atoms with Crippen LogP contribution < -0.4 is 0 Å². The smallest absolute Gasteiger partial charge is 0.164 e. The Balaban J connectivity index is 1.38. The Morgan fingerprint density at radius 2 is 1.02 bits per heavy atom. The zero-order valence-corrected chi connectivity index (χ0v) is 26.3. The minimum Gasteiger partial charge on any atom is -0.309 e. The molecule has 0 amide bonds. The summed E-state index contributed by atoms with van der Waals surface area (Å²) in [5.74, 6) is 0.277. The van der Waals surface area contributed by atoms with Gasteiger partial charge in [-0.25, -0.2) is 15.0 Å². The second-order valence-electron chi connectivity index (χ2n) is 11.1. The molecular formula is C45H28N4S. The molecule has 0 aliphatic rings. The molecule has 3 aromatic heterocycles. The summed E-state index contributed by atoms with van der Waals surface area (Å²) in [6, 6.07) is 4.79. The second kappa shape index (κ2) is 11.6. The molecule has 0 aliphatic carbocycles. The van der Waals surface area contributed by atoms with E-state index >= 15 is 0 Å². The zero-order chi connectivity index (χ0) is 48.7. The van der Waals surface area contributed by atoms with Crippen LogP contribution in [0.5, 0.6) is 0 Å². The molecule has 0 bridgehead atoms. The van der Waals surface area contributed by atoms with E-state index in [2.05, 4.69) is 15.0 Å². The van der Waals surface area contributed by atoms with Crippen LogP contribution in [-0.2, 0) is 0 Å². The fourth-order valence-electron chi connectivity index (χ4n) is 5.97. The predicted molar refractivity (Wildman–Crippen MR) is 209 cm³/mol. The number of rotatable bonds is 5. The third-order valence-corrected chi connectivity index (χ3v) is 9.19. The van der Waals surface area contributed by atoms with Gasteiger partial charge in [0.2, 0.25) is 0 Å². The molecule has 234 valence electrons. The maximum Gasteiger partial charge on any atom is 0.164 e. The van der Waals surface area contributed by atoms with Crippen LogP contribution in [0, 0.1) is 0 Å². The van der Waals surface area contributed by atoms with Gasteiger partial charge in [-0.1, -0.05) is 139 Å². The van der Waals surface area contributed by atoms with Gasteiger partial charge in [-0.2, -0.15) is 0 Å². The van der Waals surface area contributed by atoms with E-state index in [-0.39, 0.29) is 60.0 Å². The Hall–Kier alpha value is -6.43. The Kier molecular flexibility index (Phi) is 3.68. The first-order valence-electron chi connectivity index (χ1n) is 24.2. The Bertz CT molecular complexity index is 3760. The number of benzene rings is 7. The minimum absolute atomic E-state index is 0.0267. The van der Waals surface area contributed by atoms with Crippen LogP contribution in [0.1, 0.15) is 24.7 Å². The normalized spacial score (nSPS) is 16.6. The van der Waals surface area contributed by atoms with Crippen LogP contribution in [0.2, 0.25) is 0 Å². The quantitative estimate of drug-likeness (QED) is 0.182. The summed E-state index contributed by atoms with van der Waals surface area (Å²) in [6.07, 6.45) is 0. The summed E-state index contributed by atoms with van der Waals surface area (Å²) in [6.45, 7) is 0. The molecule has 0 saturated carbocycles. The Morgan fingerprint density at radius 1 is 0.460 bits per heavy atom. The molecular weight excluding hydrogens is 629 g/mol. The number of nitrogens with zero attached hydrogens (tertiary/aromatic N) is 4. The van der Waals surface area contributed by atoms with Crippen LogP contribution in [0.3, 0.4) is 0 Å². The van der Waals surface area contributed by atoms with Crippen molar-refractivity contribution in [3.63, 3.8) is 0 Å². The number of thiophene rings is 1. The van der Waals surface area contributed by atoms with E-state index in [9.17, 15) is 8.22 Å². The van der Waals surface area contributed by atoms with E-state index in [0.717, 1.165) is 15.9 Å². The first-order valence-corrected chi connectivity index (χ1v) is 16.1. The molecule has 7 aromatic carbocycles. The second-order valence-corrected chi connectivity index (χ2v) is 12.1. The van der Waals surface area contributed by atoms with Gasteiger partial charge in [0.25, 0.3) is 0 Å². The summed E-state index contributed by atoms with van der Waals surface area (Å²) in [5, 5.41) is -1.18. The molecule has 0 unspecified atom stereocenters. The van der Waals surface area contributed by atoms with Crippen molar-refractivity contribution in [3.05, 3.63) is 169 Å². The van der Waals surface area contributed by atoms with Crippen LogP contribution in [-0.4, -0.2) is 19.5 Å². The number of para-hydroxylation sites is 3. The maximum absolute atomic E-state index is 9.67. The average Bonchev–Trinajstić information content (AvgIpc) is 3.92. The average molecular weight is 675 g/mol. The number of fused-ring (bicyclic) bond motifs is 6. The lowest BCUT2D eigenvalue weighted by Gasteiger charge is -2.15. The molecule has 10 aromatic rings. The van der Waals surface area contributed by atoms with Gasteiger partial charge >= 0.3 is 0 Å². The van der Waals surface area contributed by atoms with Gasteiger partial charge in [0.1, 0.15) is 0 Å². The summed E-state index contributed by atoms with van der Waals surface area (Å²) >= 11 is 0.769. The monoisotopic (exact) mass is 674 g/mol. The van der Waals surface area contributed by atoms with E-state index in [1.54, 1.807) is 48.5 Å². The number of hydrogen-bond donors (Lipinski definition) is 0. The lowest BCUT2D eigenvalue weighted by molar-refractivity contribution is 1.07. The van der Waals surface area contributed by atoms with Crippen LogP contribution in [0.4, 0.5) is 0 Å². The summed E-state index contributed by atoms with van der Waals surface area (Å²) < 4.78 is 164. The van der Waals surface area contributed by atoms with Gasteiger partial charge in [0, 0.05) is 53.2 Å². The maximum atomic E-state index is 9.67. The fraction of sp³-hybridized carbons (Fsp3) is 0. The van der Waals surface area contributed by atoms with Gasteiger partial charge in [0.15, 0.2) is 17.5 Å². The van der Waals surface area contributed by atoms with E-state index in [1.807, 2.05) is 12.1 Å². The lowest BCUT2D eigenvalue weighted by atomic mass is 9.97. The highest BCUT2D eigenvalue weighted by atomic mass is 32.1. The summed E-state index contributed by atoms with van der Waals surface area (Å²) in [5.41, 5.74) is -1.67. The van der Waals surface area contributed by atoms with Gasteiger partial charge < -0.3 is 4.57 Å². The highest BCUT2D eigenvalue weighted by Gasteiger charge is 2.19. The number of aromatic nitrogens is 4. The van der Waals surface area contributed by atoms with Crippen LogP contribution in [0.25, 0.3) is 93.0 Å². The molecule has 3 heterocycles. The topological polar surface area (TPSA) is 43.6 Å². The van der Waals surface area contributed by atoms with Crippen molar-refractivity contribution in [3.8, 4) is 51.0 Å². The molecule has 0 radical (unpaired) electrons. The van der Waals surface area contributed by atoms with E-state index in [0.29, 0.717) is 11.1 Å². The van der Waals surface area contributed by atoms with Gasteiger partial charge in [0.05, 0.1) is 41.4 Å². The third-order valence-electron chi connectivity index (χ3n) is 8.17. The first-order chi connectivity index (χ1) is 32.3. The summed E-state index contributed by atoms with van der Waals surface area (Å²) in [4.78, 5) is 14.0. The number of hydrogen-bond acceptors (Lipinski definition) is 4. The van der Waals surface area contributed by atoms with Gasteiger partial charge in [-0.15, -0.1) is 11.3 Å². The van der Waals surface area contributed by atoms with Gasteiger partial charge in [-0.3, -0.25) is 0 Å². The highest BCUT2D eigenvalue weighted by Crippen LogP contribution is 2.44. The molecule has 5 heteroatoms. The molecule has 10 rings (SSSR count). The third kappa shape index (κ3) is 4.63. The van der Waals surface area contributed by atoms with Crippen molar-refractivity contribution >= 4 is 53.3 Å². The molecule has 4 nitrogen and oxygen atoms in total. The van der Waals surface area contributed by atoms with Crippen molar-refractivity contribution in [2.75, 3.05) is 0 Å². The molecule has 0 fully saturated rings. The molecule has 50 heavy (non-hydrogen) atoms. The lowest BCUT2D eigenvalue weighted by Crippen LogP contribution is -2.00. The van der Waals surface area contributed by atoms with Gasteiger partial charge in [-0.05, 0) is 35.8 Å². The first kappa shape index (κ1) is 15.9. The van der Waals surface area contributed by atoms with Crippen LogP contribution in [0.15, 0.2) is 169 Å². The van der Waals surface area contributed by atoms with Crippen molar-refractivity contribution in [1.29, 1.82) is 0 Å². The van der Waals surface area contributed by atoms with Crippen molar-refractivity contribution in [2.45, 2.75) is 0 Å². The Morgan fingerprint density at radius 3 is 1.68 bits per heavy atom. The largest absolute Gasteiger partial charge is 0.309 e. The Labute approximate surface area is 317 Å². The summed E-state index contributed by atoms with van der Waals surface area (Å²) in [7, 11) is 0. The fourth-order valence-corrected chi connectivity index (χ4v) is 6.99. The molecule has 0 N–H and O–H groups in total. The van der Waals surface area contributed by atoms with Crippen LogP contribution >= 0.6 is 11.3 Å². The van der Waals surface area contributed by atoms with E-state index in [4.69, 9.17) is 16.4 Å². The van der Waals surface area contributed by atoms with Crippen molar-refractivity contribution < 1.29 is 24.7 Å². The van der Waals surface area contributed by atoms with E-state index < -0.39 is 131 Å². The minimum atomic E-state index is -0.874. The predicted octanol–water partition coefficient (Wildman–Crippen LogP) is 12.0. The van der Waals surface area contributed by atoms with Crippen molar-refractivity contribution in [2.24, 2.45) is 0 Å². The molecule has 0 aliphatic heterocycles.